The van der Waals surface area contributed by atoms with Gasteiger partial charge in [0, 0.05) is 26.3 Å². The molecule has 0 spiro atoms. The number of hydrogen-bond acceptors (Lipinski definition) is 7. The van der Waals surface area contributed by atoms with Gasteiger partial charge in [-0.05, 0) is 48.4 Å². The van der Waals surface area contributed by atoms with Crippen LogP contribution in [0.4, 0.5) is 5.69 Å². The normalized spacial score (nSPS) is 11.7. The minimum atomic E-state index is -0.509. The van der Waals surface area contributed by atoms with Crippen molar-refractivity contribution in [1.82, 2.24) is 18.7 Å². The highest BCUT2D eigenvalue weighted by Gasteiger charge is 2.14. The SMILES string of the molecule is COc1ccc(NC(C#N)c2ccc(OCCCn3cnc4c3c(=O)n(C)c(=O)n4C)cc2)cc1. The van der Waals surface area contributed by atoms with Crippen LogP contribution >= 0.6 is 0 Å². The summed E-state index contributed by atoms with van der Waals surface area (Å²) in [4.78, 5) is 28.8. The van der Waals surface area contributed by atoms with Crippen molar-refractivity contribution >= 4 is 16.9 Å². The molecular formula is C25H26N6O4. The fourth-order valence-corrected chi connectivity index (χ4v) is 3.79. The molecule has 1 atom stereocenters. The van der Waals surface area contributed by atoms with Gasteiger partial charge in [0.1, 0.15) is 17.5 Å². The summed E-state index contributed by atoms with van der Waals surface area (Å²) in [5.74, 6) is 1.43. The largest absolute Gasteiger partial charge is 0.497 e. The number of rotatable bonds is 9. The lowest BCUT2D eigenvalue weighted by atomic mass is 10.1. The zero-order valence-corrected chi connectivity index (χ0v) is 19.8. The molecule has 10 nitrogen and oxygen atoms in total. The molecule has 0 aliphatic rings. The Bertz CT molecular complexity index is 1480. The van der Waals surface area contributed by atoms with Gasteiger partial charge in [-0.25, -0.2) is 9.78 Å². The molecule has 4 aromatic rings. The van der Waals surface area contributed by atoms with E-state index >= 15 is 0 Å². The quantitative estimate of drug-likeness (QED) is 0.371. The number of fused-ring (bicyclic) bond motifs is 1. The Balaban J connectivity index is 1.34. The van der Waals surface area contributed by atoms with Gasteiger partial charge in [-0.2, -0.15) is 5.26 Å². The summed E-state index contributed by atoms with van der Waals surface area (Å²) in [7, 11) is 4.66. The van der Waals surface area contributed by atoms with Crippen LogP contribution in [0.25, 0.3) is 11.2 Å². The van der Waals surface area contributed by atoms with E-state index in [0.29, 0.717) is 36.5 Å². The van der Waals surface area contributed by atoms with Crippen LogP contribution in [-0.4, -0.2) is 32.4 Å². The maximum Gasteiger partial charge on any atom is 0.332 e. The van der Waals surface area contributed by atoms with E-state index in [2.05, 4.69) is 16.4 Å². The van der Waals surface area contributed by atoms with E-state index in [1.807, 2.05) is 48.5 Å². The van der Waals surface area contributed by atoms with Gasteiger partial charge in [-0.1, -0.05) is 12.1 Å². The number of aromatic nitrogens is 4. The Morgan fingerprint density at radius 3 is 2.37 bits per heavy atom. The average Bonchev–Trinajstić information content (AvgIpc) is 3.32. The smallest absolute Gasteiger partial charge is 0.332 e. The van der Waals surface area contributed by atoms with Crippen molar-refractivity contribution in [3.8, 4) is 17.6 Å². The van der Waals surface area contributed by atoms with Gasteiger partial charge >= 0.3 is 5.69 Å². The molecule has 180 valence electrons. The van der Waals surface area contributed by atoms with Gasteiger partial charge in [0.2, 0.25) is 0 Å². The highest BCUT2D eigenvalue weighted by atomic mass is 16.5. The fourth-order valence-electron chi connectivity index (χ4n) is 3.79. The Kier molecular flexibility index (Phi) is 6.87. The summed E-state index contributed by atoms with van der Waals surface area (Å²) < 4.78 is 15.2. The molecule has 1 unspecified atom stereocenters. The Morgan fingerprint density at radius 2 is 1.71 bits per heavy atom. The molecule has 0 radical (unpaired) electrons. The fraction of sp³-hybridized carbons (Fsp3) is 0.280. The van der Waals surface area contributed by atoms with Crippen LogP contribution in [0.3, 0.4) is 0 Å². The third kappa shape index (κ3) is 4.89. The molecule has 35 heavy (non-hydrogen) atoms. The van der Waals surface area contributed by atoms with E-state index in [1.54, 1.807) is 25.1 Å². The molecule has 10 heteroatoms. The molecule has 1 N–H and O–H groups in total. The summed E-state index contributed by atoms with van der Waals surface area (Å²) in [5.41, 5.74) is 1.63. The van der Waals surface area contributed by atoms with Crippen molar-refractivity contribution in [3.05, 3.63) is 81.3 Å². The van der Waals surface area contributed by atoms with Gasteiger partial charge in [0.05, 0.1) is 26.1 Å². The monoisotopic (exact) mass is 474 g/mol. The second-order valence-corrected chi connectivity index (χ2v) is 8.02. The van der Waals surface area contributed by atoms with Gasteiger partial charge in [0.25, 0.3) is 5.56 Å². The molecule has 0 saturated carbocycles. The topological polar surface area (TPSA) is 116 Å². The maximum atomic E-state index is 12.5. The molecule has 0 aliphatic heterocycles. The Labute approximate surface area is 201 Å². The average molecular weight is 475 g/mol. The third-order valence-electron chi connectivity index (χ3n) is 5.77. The summed E-state index contributed by atoms with van der Waals surface area (Å²) in [6.45, 7) is 0.946. The van der Waals surface area contributed by atoms with Crippen molar-refractivity contribution in [2.45, 2.75) is 19.0 Å². The van der Waals surface area contributed by atoms with Crippen LogP contribution < -0.4 is 26.0 Å². The molecule has 0 bridgehead atoms. The molecular weight excluding hydrogens is 448 g/mol. The number of hydrogen-bond donors (Lipinski definition) is 1. The predicted molar refractivity (Wildman–Crippen MR) is 132 cm³/mol. The first-order chi connectivity index (χ1) is 16.9. The number of nitrogens with one attached hydrogen (secondary N) is 1. The van der Waals surface area contributed by atoms with Crippen molar-refractivity contribution < 1.29 is 9.47 Å². The minimum Gasteiger partial charge on any atom is -0.497 e. The lowest BCUT2D eigenvalue weighted by Crippen LogP contribution is -2.37. The van der Waals surface area contributed by atoms with Gasteiger partial charge < -0.3 is 19.4 Å². The molecule has 2 heterocycles. The van der Waals surface area contributed by atoms with Gasteiger partial charge in [0.15, 0.2) is 11.2 Å². The zero-order valence-electron chi connectivity index (χ0n) is 19.8. The van der Waals surface area contributed by atoms with Crippen LogP contribution in [-0.2, 0) is 20.6 Å². The molecule has 0 amide bonds. The first-order valence-electron chi connectivity index (χ1n) is 11.1. The van der Waals surface area contributed by atoms with E-state index in [9.17, 15) is 14.9 Å². The first-order valence-corrected chi connectivity index (χ1v) is 11.1. The summed E-state index contributed by atoms with van der Waals surface area (Å²) in [5, 5.41) is 12.8. The van der Waals surface area contributed by atoms with Crippen molar-refractivity contribution in [2.24, 2.45) is 14.1 Å². The second kappa shape index (κ2) is 10.2. The summed E-state index contributed by atoms with van der Waals surface area (Å²) >= 11 is 0. The van der Waals surface area contributed by atoms with Gasteiger partial charge in [-0.3, -0.25) is 13.9 Å². The summed E-state index contributed by atoms with van der Waals surface area (Å²) in [6.07, 6.45) is 2.21. The van der Waals surface area contributed by atoms with E-state index in [0.717, 1.165) is 21.6 Å². The molecule has 0 saturated heterocycles. The second-order valence-electron chi connectivity index (χ2n) is 8.02. The number of benzene rings is 2. The number of aryl methyl sites for hydroxylation is 2. The van der Waals surface area contributed by atoms with Crippen molar-refractivity contribution in [1.29, 1.82) is 5.26 Å². The van der Waals surface area contributed by atoms with Crippen molar-refractivity contribution in [3.63, 3.8) is 0 Å². The highest BCUT2D eigenvalue weighted by Crippen LogP contribution is 2.23. The standard InChI is InChI=1S/C25H26N6O4/c1-29-23-22(24(32)30(2)25(29)33)31(16-27-23)13-4-14-35-20-9-5-17(6-10-20)21(15-26)28-18-7-11-19(34-3)12-8-18/h5-12,16,21,28H,4,13-14H2,1-3H3. The lowest BCUT2D eigenvalue weighted by Gasteiger charge is -2.14. The Morgan fingerprint density at radius 1 is 1.03 bits per heavy atom. The van der Waals surface area contributed by atoms with E-state index < -0.39 is 11.7 Å². The van der Waals surface area contributed by atoms with Crippen LogP contribution in [0.5, 0.6) is 11.5 Å². The molecule has 2 aromatic heterocycles. The first kappa shape index (κ1) is 23.6. The highest BCUT2D eigenvalue weighted by molar-refractivity contribution is 5.69. The number of nitriles is 1. The number of anilines is 1. The Hall–Kier alpha value is -4.52. The predicted octanol–water partition coefficient (Wildman–Crippen LogP) is 2.59. The summed E-state index contributed by atoms with van der Waals surface area (Å²) in [6, 6.07) is 16.5. The van der Waals surface area contributed by atoms with Crippen LogP contribution in [0.2, 0.25) is 0 Å². The van der Waals surface area contributed by atoms with Crippen LogP contribution in [0.1, 0.15) is 18.0 Å². The maximum absolute atomic E-state index is 12.5. The van der Waals surface area contributed by atoms with Gasteiger partial charge in [-0.15, -0.1) is 0 Å². The van der Waals surface area contributed by atoms with Crippen molar-refractivity contribution in [2.75, 3.05) is 19.0 Å². The van der Waals surface area contributed by atoms with E-state index in [4.69, 9.17) is 9.47 Å². The third-order valence-corrected chi connectivity index (χ3v) is 5.77. The zero-order chi connectivity index (χ0) is 24.9. The molecule has 4 rings (SSSR count). The number of methoxy groups -OCH3 is 1. The number of nitrogens with zero attached hydrogens (tertiary/aromatic N) is 5. The van der Waals surface area contributed by atoms with E-state index in [1.165, 1.54) is 11.6 Å². The van der Waals surface area contributed by atoms with Crippen LogP contribution in [0.15, 0.2) is 64.4 Å². The number of ether oxygens (including phenoxy) is 2. The molecule has 0 fully saturated rings. The minimum absolute atomic E-state index is 0.366. The van der Waals surface area contributed by atoms with E-state index in [-0.39, 0.29) is 5.56 Å². The molecule has 2 aromatic carbocycles. The molecule has 0 aliphatic carbocycles. The lowest BCUT2D eigenvalue weighted by molar-refractivity contribution is 0.302. The number of imidazole rings is 1. The van der Waals surface area contributed by atoms with Crippen LogP contribution in [0, 0.1) is 11.3 Å².